The fourth-order valence-electron chi connectivity index (χ4n) is 2.52. The number of phenols is 1. The summed E-state index contributed by atoms with van der Waals surface area (Å²) in [6.07, 6.45) is 1.57. The van der Waals surface area contributed by atoms with E-state index in [-0.39, 0.29) is 17.5 Å². The maximum absolute atomic E-state index is 11.7. The molecule has 0 saturated heterocycles. The number of carbonyl (C=O) groups is 1. The lowest BCUT2D eigenvalue weighted by atomic mass is 10.1. The molecule has 0 aliphatic rings. The Balaban J connectivity index is 2.00. The second-order valence-corrected chi connectivity index (χ2v) is 5.51. The molecule has 0 bridgehead atoms. The molecule has 0 spiro atoms. The van der Waals surface area contributed by atoms with E-state index < -0.39 is 0 Å². The van der Waals surface area contributed by atoms with Crippen LogP contribution in [-0.4, -0.2) is 46.9 Å². The number of aromatic nitrogens is 3. The molecule has 1 aromatic carbocycles. The van der Waals surface area contributed by atoms with Gasteiger partial charge in [0.1, 0.15) is 11.3 Å². The van der Waals surface area contributed by atoms with Gasteiger partial charge in [-0.05, 0) is 31.2 Å². The Bertz CT molecular complexity index is 993. The molecule has 0 saturated carbocycles. The smallest absolute Gasteiger partial charge is 0.320 e. The zero-order valence-corrected chi connectivity index (χ0v) is 15.1. The average Bonchev–Trinajstić information content (AvgIpc) is 2.66. The molecule has 0 unspecified atom stereocenters. The fraction of sp³-hybridized carbons (Fsp3) is 0.222. The predicted octanol–water partition coefficient (Wildman–Crippen LogP) is 2.56. The van der Waals surface area contributed by atoms with Crippen LogP contribution in [0.3, 0.4) is 0 Å². The summed E-state index contributed by atoms with van der Waals surface area (Å²) in [5.41, 5.74) is 2.01. The number of urea groups is 1. The Kier molecular flexibility index (Phi) is 5.20. The minimum absolute atomic E-state index is 0.0756. The molecule has 0 aliphatic carbocycles. The summed E-state index contributed by atoms with van der Waals surface area (Å²) in [5, 5.41) is 15.4. The lowest BCUT2D eigenvalue weighted by Gasteiger charge is -2.11. The van der Waals surface area contributed by atoms with Crippen LogP contribution in [-0.2, 0) is 0 Å². The van der Waals surface area contributed by atoms with Gasteiger partial charge in [0.05, 0.1) is 26.1 Å². The molecule has 3 N–H and O–H groups in total. The molecule has 3 aromatic rings. The Morgan fingerprint density at radius 1 is 1.19 bits per heavy atom. The van der Waals surface area contributed by atoms with E-state index in [1.54, 1.807) is 24.4 Å². The van der Waals surface area contributed by atoms with Crippen molar-refractivity contribution in [1.82, 2.24) is 20.3 Å². The summed E-state index contributed by atoms with van der Waals surface area (Å²) in [6, 6.07) is 6.21. The summed E-state index contributed by atoms with van der Waals surface area (Å²) in [7, 11) is 2.92. The quantitative estimate of drug-likeness (QED) is 0.632. The lowest BCUT2D eigenvalue weighted by molar-refractivity contribution is 0.252. The van der Waals surface area contributed by atoms with Crippen molar-refractivity contribution in [2.24, 2.45) is 0 Å². The van der Waals surface area contributed by atoms with Crippen molar-refractivity contribution in [2.45, 2.75) is 6.92 Å². The third-order valence-electron chi connectivity index (χ3n) is 3.74. The summed E-state index contributed by atoms with van der Waals surface area (Å²) >= 11 is 0. The van der Waals surface area contributed by atoms with Gasteiger partial charge in [0, 0.05) is 12.1 Å². The number of ether oxygens (including phenoxy) is 2. The van der Waals surface area contributed by atoms with Crippen LogP contribution in [0.25, 0.3) is 22.4 Å². The zero-order valence-electron chi connectivity index (χ0n) is 15.1. The number of anilines is 1. The summed E-state index contributed by atoms with van der Waals surface area (Å²) < 4.78 is 10.4. The molecule has 0 atom stereocenters. The monoisotopic (exact) mass is 369 g/mol. The van der Waals surface area contributed by atoms with E-state index in [2.05, 4.69) is 25.6 Å². The first-order chi connectivity index (χ1) is 13.0. The van der Waals surface area contributed by atoms with Crippen LogP contribution in [0.2, 0.25) is 0 Å². The van der Waals surface area contributed by atoms with Crippen LogP contribution in [0.1, 0.15) is 6.92 Å². The van der Waals surface area contributed by atoms with Crippen molar-refractivity contribution in [1.29, 1.82) is 0 Å². The fourth-order valence-corrected chi connectivity index (χ4v) is 2.52. The number of pyridine rings is 1. The summed E-state index contributed by atoms with van der Waals surface area (Å²) in [6.45, 7) is 2.33. The maximum Gasteiger partial charge on any atom is 0.320 e. The minimum atomic E-state index is -0.349. The first-order valence-corrected chi connectivity index (χ1v) is 8.19. The Morgan fingerprint density at radius 2 is 2.00 bits per heavy atom. The highest BCUT2D eigenvalue weighted by atomic mass is 16.5. The largest absolute Gasteiger partial charge is 0.504 e. The number of fused-ring (bicyclic) bond motifs is 1. The van der Waals surface area contributed by atoms with E-state index in [1.807, 2.05) is 6.92 Å². The number of nitrogens with one attached hydrogen (secondary N) is 2. The van der Waals surface area contributed by atoms with Crippen molar-refractivity contribution in [3.63, 3.8) is 0 Å². The number of rotatable bonds is 5. The van der Waals surface area contributed by atoms with Gasteiger partial charge < -0.3 is 19.9 Å². The number of hydrogen-bond acceptors (Lipinski definition) is 7. The number of phenolic OH excluding ortho intramolecular Hbond substituents is 1. The number of carbonyl (C=O) groups excluding carboxylic acids is 1. The first-order valence-electron chi connectivity index (χ1n) is 8.19. The molecule has 9 heteroatoms. The summed E-state index contributed by atoms with van der Waals surface area (Å²) in [4.78, 5) is 24.8. The van der Waals surface area contributed by atoms with Crippen LogP contribution in [0.5, 0.6) is 17.2 Å². The van der Waals surface area contributed by atoms with Crippen LogP contribution >= 0.6 is 0 Å². The number of aromatic hydroxyl groups is 1. The molecule has 27 heavy (non-hydrogen) atoms. The van der Waals surface area contributed by atoms with Gasteiger partial charge in [-0.25, -0.2) is 14.8 Å². The molecular weight excluding hydrogens is 350 g/mol. The molecule has 2 aromatic heterocycles. The van der Waals surface area contributed by atoms with Crippen molar-refractivity contribution in [3.8, 4) is 28.5 Å². The number of hydrogen-bond donors (Lipinski definition) is 3. The topological polar surface area (TPSA) is 118 Å². The highest BCUT2D eigenvalue weighted by Gasteiger charge is 2.14. The predicted molar refractivity (Wildman–Crippen MR) is 100 cm³/mol. The number of nitrogens with zero attached hydrogens (tertiary/aromatic N) is 3. The van der Waals surface area contributed by atoms with E-state index in [9.17, 15) is 9.90 Å². The molecule has 2 amide bonds. The number of methoxy groups -OCH3 is 2. The van der Waals surface area contributed by atoms with E-state index >= 15 is 0 Å². The van der Waals surface area contributed by atoms with Crippen molar-refractivity contribution in [2.75, 3.05) is 26.1 Å². The molecule has 2 heterocycles. The lowest BCUT2D eigenvalue weighted by Crippen LogP contribution is -2.28. The van der Waals surface area contributed by atoms with E-state index in [4.69, 9.17) is 9.47 Å². The Hall–Kier alpha value is -3.62. The second kappa shape index (κ2) is 7.73. The van der Waals surface area contributed by atoms with Gasteiger partial charge in [-0.3, -0.25) is 10.3 Å². The van der Waals surface area contributed by atoms with Crippen molar-refractivity contribution in [3.05, 3.63) is 30.5 Å². The SMILES string of the molecule is CCNC(=O)Nc1ccc2ncc(-c3cc(O)c(OC)c(OC)c3)nc2n1. The van der Waals surface area contributed by atoms with Gasteiger partial charge in [-0.15, -0.1) is 0 Å². The Labute approximate surface area is 155 Å². The molecular formula is C18H19N5O4. The Morgan fingerprint density at radius 3 is 2.70 bits per heavy atom. The van der Waals surface area contributed by atoms with Crippen molar-refractivity contribution >= 4 is 23.0 Å². The normalized spacial score (nSPS) is 10.5. The first kappa shape index (κ1) is 18.2. The summed E-state index contributed by atoms with van der Waals surface area (Å²) in [5.74, 6) is 0.888. The maximum atomic E-state index is 11.7. The van der Waals surface area contributed by atoms with Gasteiger partial charge >= 0.3 is 6.03 Å². The standard InChI is InChI=1S/C18H19N5O4/c1-4-19-18(25)23-15-6-5-11-17(22-15)21-12(9-20-11)10-7-13(24)16(27-3)14(8-10)26-2/h5-9,24H,4H2,1-3H3,(H2,19,21,22,23,25). The van der Waals surface area contributed by atoms with Crippen LogP contribution in [0.4, 0.5) is 10.6 Å². The second-order valence-electron chi connectivity index (χ2n) is 5.51. The van der Waals surface area contributed by atoms with Gasteiger partial charge in [0.2, 0.25) is 5.75 Å². The van der Waals surface area contributed by atoms with Gasteiger partial charge in [-0.1, -0.05) is 0 Å². The molecule has 3 rings (SSSR count). The molecule has 0 fully saturated rings. The van der Waals surface area contributed by atoms with Gasteiger partial charge in [0.15, 0.2) is 17.1 Å². The van der Waals surface area contributed by atoms with Crippen LogP contribution in [0.15, 0.2) is 30.5 Å². The van der Waals surface area contributed by atoms with Crippen molar-refractivity contribution < 1.29 is 19.4 Å². The highest BCUT2D eigenvalue weighted by molar-refractivity contribution is 5.89. The number of amides is 2. The molecule has 9 nitrogen and oxygen atoms in total. The average molecular weight is 369 g/mol. The molecule has 140 valence electrons. The van der Waals surface area contributed by atoms with E-state index in [0.717, 1.165) is 0 Å². The number of benzene rings is 1. The molecule has 0 aliphatic heterocycles. The van der Waals surface area contributed by atoms with E-state index in [1.165, 1.54) is 20.3 Å². The highest BCUT2D eigenvalue weighted by Crippen LogP contribution is 2.40. The molecule has 0 radical (unpaired) electrons. The van der Waals surface area contributed by atoms with Gasteiger partial charge in [0.25, 0.3) is 0 Å². The third-order valence-corrected chi connectivity index (χ3v) is 3.74. The van der Waals surface area contributed by atoms with Crippen LogP contribution in [0, 0.1) is 0 Å². The van der Waals surface area contributed by atoms with Crippen LogP contribution < -0.4 is 20.1 Å². The van der Waals surface area contributed by atoms with Gasteiger partial charge in [-0.2, -0.15) is 0 Å². The zero-order chi connectivity index (χ0) is 19.4. The third kappa shape index (κ3) is 3.81. The minimum Gasteiger partial charge on any atom is -0.504 e. The van der Waals surface area contributed by atoms with E-state index in [0.29, 0.717) is 40.5 Å².